The minimum absolute atomic E-state index is 0.149. The van der Waals surface area contributed by atoms with Crippen molar-refractivity contribution in [3.05, 3.63) is 48.0 Å². The van der Waals surface area contributed by atoms with Gasteiger partial charge in [-0.2, -0.15) is 0 Å². The van der Waals surface area contributed by atoms with Crippen LogP contribution in [0.2, 0.25) is 0 Å². The summed E-state index contributed by atoms with van der Waals surface area (Å²) in [4.78, 5) is 12.2. The van der Waals surface area contributed by atoms with Gasteiger partial charge in [0.2, 0.25) is 16.8 Å². The maximum Gasteiger partial charge on any atom is 0.258 e. The molecule has 1 aliphatic heterocycles. The van der Waals surface area contributed by atoms with Crippen LogP contribution < -0.4 is 24.2 Å². The first-order chi connectivity index (χ1) is 13.9. The van der Waals surface area contributed by atoms with Gasteiger partial charge in [0.1, 0.15) is 5.75 Å². The molecule has 2 aromatic rings. The second-order valence-corrected chi connectivity index (χ2v) is 8.37. The number of amides is 1. The molecule has 0 saturated carbocycles. The number of hydrogen-bond acceptors (Lipinski definition) is 6. The Hall–Kier alpha value is -2.78. The number of rotatable bonds is 9. The smallest absolute Gasteiger partial charge is 0.258 e. The summed E-state index contributed by atoms with van der Waals surface area (Å²) in [7, 11) is -3.57. The SMILES string of the molecule is CC[C@H](C)NS(=O)(=O)c1ccc(OCC(=O)NCc2ccc3c(c2)OCO3)cc1. The van der Waals surface area contributed by atoms with E-state index in [2.05, 4.69) is 10.0 Å². The Balaban J connectivity index is 1.47. The standard InChI is InChI=1S/C20H24N2O6S/c1-3-14(2)22-29(24,25)17-7-5-16(6-8-17)26-12-20(23)21-11-15-4-9-18-19(10-15)28-13-27-18/h4-10,14,22H,3,11-13H2,1-2H3,(H,21,23)/t14-/m0/s1. The number of carbonyl (C=O) groups is 1. The number of sulfonamides is 1. The molecule has 1 aliphatic rings. The first-order valence-electron chi connectivity index (χ1n) is 9.28. The lowest BCUT2D eigenvalue weighted by atomic mass is 10.2. The van der Waals surface area contributed by atoms with Crippen LogP contribution in [-0.4, -0.2) is 33.8 Å². The van der Waals surface area contributed by atoms with E-state index in [1.54, 1.807) is 13.0 Å². The zero-order valence-electron chi connectivity index (χ0n) is 16.3. The van der Waals surface area contributed by atoms with Crippen LogP contribution in [-0.2, 0) is 21.4 Å². The van der Waals surface area contributed by atoms with Gasteiger partial charge in [0.05, 0.1) is 4.90 Å². The summed E-state index contributed by atoms with van der Waals surface area (Å²) in [6.45, 7) is 4.06. The fourth-order valence-electron chi connectivity index (χ4n) is 2.58. The van der Waals surface area contributed by atoms with Gasteiger partial charge in [0, 0.05) is 12.6 Å². The van der Waals surface area contributed by atoms with Gasteiger partial charge >= 0.3 is 0 Å². The van der Waals surface area contributed by atoms with E-state index in [1.165, 1.54) is 24.3 Å². The fourth-order valence-corrected chi connectivity index (χ4v) is 3.91. The van der Waals surface area contributed by atoms with E-state index in [1.807, 2.05) is 19.1 Å². The van der Waals surface area contributed by atoms with Gasteiger partial charge in [0.25, 0.3) is 5.91 Å². The molecular formula is C20H24N2O6S. The Labute approximate surface area is 170 Å². The molecule has 0 radical (unpaired) electrons. The lowest BCUT2D eigenvalue weighted by molar-refractivity contribution is -0.123. The molecule has 2 N–H and O–H groups in total. The van der Waals surface area contributed by atoms with Crippen LogP contribution >= 0.6 is 0 Å². The zero-order valence-corrected chi connectivity index (χ0v) is 17.1. The van der Waals surface area contributed by atoms with E-state index in [0.29, 0.717) is 30.2 Å². The zero-order chi connectivity index (χ0) is 20.9. The number of ether oxygens (including phenoxy) is 3. The number of nitrogens with one attached hydrogen (secondary N) is 2. The first-order valence-corrected chi connectivity index (χ1v) is 10.8. The van der Waals surface area contributed by atoms with Crippen LogP contribution in [0.5, 0.6) is 17.2 Å². The molecule has 29 heavy (non-hydrogen) atoms. The van der Waals surface area contributed by atoms with Crippen LogP contribution in [0.15, 0.2) is 47.4 Å². The highest BCUT2D eigenvalue weighted by Crippen LogP contribution is 2.32. The van der Waals surface area contributed by atoms with E-state index in [4.69, 9.17) is 14.2 Å². The number of carbonyl (C=O) groups excluding carboxylic acids is 1. The average Bonchev–Trinajstić information content (AvgIpc) is 3.18. The van der Waals surface area contributed by atoms with Crippen molar-refractivity contribution in [3.63, 3.8) is 0 Å². The molecule has 1 atom stereocenters. The third-order valence-corrected chi connectivity index (χ3v) is 6.00. The molecule has 0 saturated heterocycles. The molecule has 0 aliphatic carbocycles. The largest absolute Gasteiger partial charge is 0.484 e. The van der Waals surface area contributed by atoms with Crippen molar-refractivity contribution in [1.29, 1.82) is 0 Å². The van der Waals surface area contributed by atoms with Gasteiger partial charge in [-0.25, -0.2) is 13.1 Å². The summed E-state index contributed by atoms with van der Waals surface area (Å²) >= 11 is 0. The van der Waals surface area contributed by atoms with Gasteiger partial charge in [-0.3, -0.25) is 4.79 Å². The van der Waals surface area contributed by atoms with Gasteiger partial charge in [0.15, 0.2) is 18.1 Å². The monoisotopic (exact) mass is 420 g/mol. The highest BCUT2D eigenvalue weighted by Gasteiger charge is 2.17. The molecule has 1 heterocycles. The Morgan fingerprint density at radius 2 is 1.86 bits per heavy atom. The van der Waals surface area contributed by atoms with Crippen LogP contribution in [0.25, 0.3) is 0 Å². The van der Waals surface area contributed by atoms with Crippen molar-refractivity contribution in [3.8, 4) is 17.2 Å². The van der Waals surface area contributed by atoms with Crippen molar-refractivity contribution in [2.75, 3.05) is 13.4 Å². The van der Waals surface area contributed by atoms with Gasteiger partial charge in [-0.1, -0.05) is 13.0 Å². The molecule has 9 heteroatoms. The van der Waals surface area contributed by atoms with Gasteiger partial charge in [-0.15, -0.1) is 0 Å². The fraction of sp³-hybridized carbons (Fsp3) is 0.350. The second kappa shape index (κ2) is 9.15. The highest BCUT2D eigenvalue weighted by molar-refractivity contribution is 7.89. The number of fused-ring (bicyclic) bond motifs is 1. The Morgan fingerprint density at radius 3 is 2.59 bits per heavy atom. The molecule has 0 aromatic heterocycles. The summed E-state index contributed by atoms with van der Waals surface area (Å²) in [6.07, 6.45) is 0.696. The normalized spacial score (nSPS) is 13.7. The summed E-state index contributed by atoms with van der Waals surface area (Å²) in [5, 5.41) is 2.76. The highest BCUT2D eigenvalue weighted by atomic mass is 32.2. The molecule has 0 fully saturated rings. The van der Waals surface area contributed by atoms with Crippen molar-refractivity contribution < 1.29 is 27.4 Å². The van der Waals surface area contributed by atoms with E-state index in [9.17, 15) is 13.2 Å². The molecular weight excluding hydrogens is 396 g/mol. The van der Waals surface area contributed by atoms with E-state index >= 15 is 0 Å². The van der Waals surface area contributed by atoms with Crippen LogP contribution in [0.4, 0.5) is 0 Å². The van der Waals surface area contributed by atoms with Crippen molar-refractivity contribution in [2.24, 2.45) is 0 Å². The number of hydrogen-bond donors (Lipinski definition) is 2. The first kappa shape index (κ1) is 20.9. The van der Waals surface area contributed by atoms with Crippen molar-refractivity contribution in [2.45, 2.75) is 37.8 Å². The third kappa shape index (κ3) is 5.61. The molecule has 156 valence electrons. The van der Waals surface area contributed by atoms with Crippen LogP contribution in [0.1, 0.15) is 25.8 Å². The predicted octanol–water partition coefficient (Wildman–Crippen LogP) is 2.19. The Kier molecular flexibility index (Phi) is 6.60. The summed E-state index contributed by atoms with van der Waals surface area (Å²) < 4.78 is 43.0. The maximum atomic E-state index is 12.2. The lowest BCUT2D eigenvalue weighted by Crippen LogP contribution is -2.32. The van der Waals surface area contributed by atoms with E-state index in [0.717, 1.165) is 5.56 Å². The number of benzene rings is 2. The summed E-state index contributed by atoms with van der Waals surface area (Å²) in [5.74, 6) is 1.46. The maximum absolute atomic E-state index is 12.2. The van der Waals surface area contributed by atoms with Crippen LogP contribution in [0, 0.1) is 0 Å². The minimum atomic E-state index is -3.57. The van der Waals surface area contributed by atoms with Gasteiger partial charge in [-0.05, 0) is 55.3 Å². The molecule has 0 spiro atoms. The van der Waals surface area contributed by atoms with Crippen molar-refractivity contribution >= 4 is 15.9 Å². The molecule has 0 bridgehead atoms. The Bertz CT molecular complexity index is 959. The second-order valence-electron chi connectivity index (χ2n) is 6.66. The molecule has 3 rings (SSSR count). The van der Waals surface area contributed by atoms with Crippen LogP contribution in [0.3, 0.4) is 0 Å². The lowest BCUT2D eigenvalue weighted by Gasteiger charge is -2.12. The van der Waals surface area contributed by atoms with Gasteiger partial charge < -0.3 is 19.5 Å². The molecule has 8 nitrogen and oxygen atoms in total. The van der Waals surface area contributed by atoms with Crippen molar-refractivity contribution in [1.82, 2.24) is 10.0 Å². The van der Waals surface area contributed by atoms with E-state index in [-0.39, 0.29) is 30.2 Å². The Morgan fingerprint density at radius 1 is 1.14 bits per heavy atom. The summed E-state index contributed by atoms with van der Waals surface area (Å²) in [5.41, 5.74) is 0.881. The minimum Gasteiger partial charge on any atom is -0.484 e. The molecule has 0 unspecified atom stereocenters. The third-order valence-electron chi connectivity index (χ3n) is 4.40. The topological polar surface area (TPSA) is 103 Å². The quantitative estimate of drug-likeness (QED) is 0.645. The molecule has 2 aromatic carbocycles. The molecule has 1 amide bonds. The van der Waals surface area contributed by atoms with E-state index < -0.39 is 10.0 Å². The predicted molar refractivity (Wildman–Crippen MR) is 106 cm³/mol. The average molecular weight is 420 g/mol. The summed E-state index contributed by atoms with van der Waals surface area (Å²) in [6, 6.07) is 11.3.